The number of amides is 2. The van der Waals surface area contributed by atoms with Crippen LogP contribution in [0.3, 0.4) is 0 Å². The third kappa shape index (κ3) is 4.43. The standard InChI is InChI=1S/C17H27N3O4S/c1-5-17(6-2)13-20(18-25(4,22)23)16(21)19(17)12-11-14-7-9-15(24-3)10-8-14/h7-10,18H,5-6,11-13H2,1-4H3. The van der Waals surface area contributed by atoms with Crippen molar-refractivity contribution in [2.24, 2.45) is 0 Å². The maximum atomic E-state index is 12.7. The zero-order valence-electron chi connectivity index (χ0n) is 15.3. The molecule has 25 heavy (non-hydrogen) atoms. The minimum atomic E-state index is -3.49. The van der Waals surface area contributed by atoms with Crippen LogP contribution in [-0.4, -0.2) is 56.4 Å². The second-order valence-corrected chi connectivity index (χ2v) is 8.14. The van der Waals surface area contributed by atoms with Gasteiger partial charge < -0.3 is 9.64 Å². The lowest BCUT2D eigenvalue weighted by Gasteiger charge is -2.35. The van der Waals surface area contributed by atoms with Crippen molar-refractivity contribution in [2.75, 3.05) is 26.5 Å². The van der Waals surface area contributed by atoms with Gasteiger partial charge in [-0.2, -0.15) is 0 Å². The Morgan fingerprint density at radius 1 is 1.20 bits per heavy atom. The van der Waals surface area contributed by atoms with Crippen LogP contribution in [0.5, 0.6) is 5.75 Å². The maximum Gasteiger partial charge on any atom is 0.335 e. The number of hydrazine groups is 1. The molecule has 0 bridgehead atoms. The monoisotopic (exact) mass is 369 g/mol. The van der Waals surface area contributed by atoms with Crippen molar-refractivity contribution >= 4 is 16.1 Å². The predicted molar refractivity (Wildman–Crippen MR) is 96.8 cm³/mol. The van der Waals surface area contributed by atoms with Crippen LogP contribution in [0.15, 0.2) is 24.3 Å². The number of hydrogen-bond acceptors (Lipinski definition) is 4. The molecule has 1 aromatic carbocycles. The van der Waals surface area contributed by atoms with Gasteiger partial charge >= 0.3 is 6.03 Å². The molecule has 0 saturated carbocycles. The topological polar surface area (TPSA) is 79.0 Å². The molecule has 8 heteroatoms. The molecule has 0 radical (unpaired) electrons. The SMILES string of the molecule is CCC1(CC)CN(NS(C)(=O)=O)C(=O)N1CCc1ccc(OC)cc1. The highest BCUT2D eigenvalue weighted by molar-refractivity contribution is 7.88. The molecule has 0 atom stereocenters. The lowest BCUT2D eigenvalue weighted by molar-refractivity contribution is 0.148. The van der Waals surface area contributed by atoms with E-state index in [4.69, 9.17) is 4.74 Å². The zero-order chi connectivity index (χ0) is 18.7. The minimum absolute atomic E-state index is 0.289. The molecule has 1 aliphatic heterocycles. The van der Waals surface area contributed by atoms with Crippen molar-refractivity contribution in [2.45, 2.75) is 38.6 Å². The van der Waals surface area contributed by atoms with Crippen molar-refractivity contribution < 1.29 is 17.9 Å². The number of carbonyl (C=O) groups is 1. The van der Waals surface area contributed by atoms with Crippen LogP contribution in [0.4, 0.5) is 4.79 Å². The van der Waals surface area contributed by atoms with Crippen LogP contribution in [-0.2, 0) is 16.4 Å². The van der Waals surface area contributed by atoms with Gasteiger partial charge in [0.05, 0.1) is 25.4 Å². The number of methoxy groups -OCH3 is 1. The smallest absolute Gasteiger partial charge is 0.335 e. The van der Waals surface area contributed by atoms with Crippen LogP contribution in [0, 0.1) is 0 Å². The van der Waals surface area contributed by atoms with E-state index in [1.165, 1.54) is 5.01 Å². The Morgan fingerprint density at radius 2 is 1.80 bits per heavy atom. The Kier molecular flexibility index (Phi) is 5.95. The summed E-state index contributed by atoms with van der Waals surface area (Å²) in [6, 6.07) is 7.45. The van der Waals surface area contributed by atoms with Gasteiger partial charge in [0.15, 0.2) is 0 Å². The number of rotatable bonds is 8. The highest BCUT2D eigenvalue weighted by atomic mass is 32.2. The molecule has 140 valence electrons. The number of benzene rings is 1. The molecule has 0 spiro atoms. The van der Waals surface area contributed by atoms with E-state index in [9.17, 15) is 13.2 Å². The molecule has 1 heterocycles. The van der Waals surface area contributed by atoms with Gasteiger partial charge in [-0.3, -0.25) is 0 Å². The molecule has 0 aromatic heterocycles. The first kappa shape index (κ1) is 19.5. The Hall–Kier alpha value is -1.80. The van der Waals surface area contributed by atoms with E-state index in [0.29, 0.717) is 19.5 Å². The third-order valence-electron chi connectivity index (χ3n) is 4.86. The summed E-state index contributed by atoms with van der Waals surface area (Å²) in [7, 11) is -1.87. The maximum absolute atomic E-state index is 12.7. The highest BCUT2D eigenvalue weighted by Crippen LogP contribution is 2.32. The van der Waals surface area contributed by atoms with Crippen molar-refractivity contribution in [3.8, 4) is 5.75 Å². The summed E-state index contributed by atoms with van der Waals surface area (Å²) in [5, 5.41) is 1.22. The summed E-state index contributed by atoms with van der Waals surface area (Å²) in [6.07, 6.45) is 3.28. The average molecular weight is 369 g/mol. The van der Waals surface area contributed by atoms with Crippen molar-refractivity contribution in [1.29, 1.82) is 0 Å². The Labute approximate surface area is 150 Å². The molecular formula is C17H27N3O4S. The summed E-state index contributed by atoms with van der Waals surface area (Å²) < 4.78 is 28.2. The predicted octanol–water partition coefficient (Wildman–Crippen LogP) is 2.00. The number of hydrogen-bond donors (Lipinski definition) is 1. The molecule has 1 aliphatic rings. The summed E-state index contributed by atoms with van der Waals surface area (Å²) in [5.74, 6) is 0.793. The van der Waals surface area contributed by atoms with Gasteiger partial charge in [-0.25, -0.2) is 18.2 Å². The Bertz CT molecular complexity index is 699. The number of urea groups is 1. The largest absolute Gasteiger partial charge is 0.497 e. The van der Waals surface area contributed by atoms with E-state index >= 15 is 0 Å². The molecule has 7 nitrogen and oxygen atoms in total. The summed E-state index contributed by atoms with van der Waals surface area (Å²) in [6.45, 7) is 4.95. The first-order valence-electron chi connectivity index (χ1n) is 8.44. The molecule has 1 fully saturated rings. The number of nitrogens with one attached hydrogen (secondary N) is 1. The summed E-state index contributed by atoms with van der Waals surface area (Å²) in [4.78, 5) is 16.9. The number of carbonyl (C=O) groups excluding carboxylic acids is 1. The van der Waals surface area contributed by atoms with Gasteiger partial charge in [-0.1, -0.05) is 26.0 Å². The lowest BCUT2D eigenvalue weighted by Crippen LogP contribution is -2.47. The summed E-state index contributed by atoms with van der Waals surface area (Å²) in [5.41, 5.74) is 0.741. The van der Waals surface area contributed by atoms with E-state index in [1.807, 2.05) is 38.1 Å². The van der Waals surface area contributed by atoms with Gasteiger partial charge in [0, 0.05) is 6.54 Å². The molecule has 0 aliphatic carbocycles. The van der Waals surface area contributed by atoms with Crippen LogP contribution in [0.2, 0.25) is 0 Å². The van der Waals surface area contributed by atoms with Gasteiger partial charge in [-0.05, 0) is 37.0 Å². The summed E-state index contributed by atoms with van der Waals surface area (Å²) >= 11 is 0. The molecule has 2 amide bonds. The van der Waals surface area contributed by atoms with Crippen LogP contribution < -0.4 is 9.57 Å². The van der Waals surface area contributed by atoms with Crippen LogP contribution >= 0.6 is 0 Å². The van der Waals surface area contributed by atoms with Crippen LogP contribution in [0.1, 0.15) is 32.3 Å². The Morgan fingerprint density at radius 3 is 2.28 bits per heavy atom. The second kappa shape index (κ2) is 7.61. The fraction of sp³-hybridized carbons (Fsp3) is 0.588. The fourth-order valence-corrected chi connectivity index (χ4v) is 3.83. The van der Waals surface area contributed by atoms with E-state index in [1.54, 1.807) is 12.0 Å². The normalized spacial score (nSPS) is 17.2. The second-order valence-electron chi connectivity index (χ2n) is 6.41. The first-order chi connectivity index (χ1) is 11.7. The zero-order valence-corrected chi connectivity index (χ0v) is 16.1. The number of nitrogens with zero attached hydrogens (tertiary/aromatic N) is 2. The van der Waals surface area contributed by atoms with Crippen molar-refractivity contribution in [3.63, 3.8) is 0 Å². The van der Waals surface area contributed by atoms with Crippen molar-refractivity contribution in [3.05, 3.63) is 29.8 Å². The lowest BCUT2D eigenvalue weighted by atomic mass is 9.92. The van der Waals surface area contributed by atoms with E-state index in [2.05, 4.69) is 4.83 Å². The Balaban J connectivity index is 2.15. The van der Waals surface area contributed by atoms with Gasteiger partial charge in [0.1, 0.15) is 5.75 Å². The van der Waals surface area contributed by atoms with E-state index < -0.39 is 10.0 Å². The average Bonchev–Trinajstić information content (AvgIpc) is 2.84. The number of sulfonamides is 1. The van der Waals surface area contributed by atoms with Crippen LogP contribution in [0.25, 0.3) is 0 Å². The van der Waals surface area contributed by atoms with Gasteiger partial charge in [0.25, 0.3) is 0 Å². The first-order valence-corrected chi connectivity index (χ1v) is 10.3. The van der Waals surface area contributed by atoms with Gasteiger partial charge in [0.2, 0.25) is 10.0 Å². The molecular weight excluding hydrogens is 342 g/mol. The quantitative estimate of drug-likeness (QED) is 0.760. The molecule has 2 rings (SSSR count). The molecule has 1 saturated heterocycles. The fourth-order valence-electron chi connectivity index (χ4n) is 3.29. The highest BCUT2D eigenvalue weighted by Gasteiger charge is 2.47. The van der Waals surface area contributed by atoms with E-state index in [0.717, 1.165) is 30.4 Å². The molecule has 1 N–H and O–H groups in total. The van der Waals surface area contributed by atoms with E-state index in [-0.39, 0.29) is 11.6 Å². The molecule has 1 aromatic rings. The third-order valence-corrected chi connectivity index (χ3v) is 5.41. The van der Waals surface area contributed by atoms with Gasteiger partial charge in [-0.15, -0.1) is 4.83 Å². The van der Waals surface area contributed by atoms with Crippen molar-refractivity contribution in [1.82, 2.24) is 14.7 Å². The number of ether oxygens (including phenoxy) is 1. The molecule has 0 unspecified atom stereocenters. The minimum Gasteiger partial charge on any atom is -0.497 e.